The van der Waals surface area contributed by atoms with Crippen molar-refractivity contribution in [3.8, 4) is 0 Å². The van der Waals surface area contributed by atoms with Gasteiger partial charge in [0, 0.05) is 37.8 Å². The van der Waals surface area contributed by atoms with Crippen LogP contribution in [0.25, 0.3) is 0 Å². The highest BCUT2D eigenvalue weighted by atomic mass is 16.5. The van der Waals surface area contributed by atoms with Crippen LogP contribution in [0, 0.1) is 0 Å². The Labute approximate surface area is 125 Å². The molecule has 2 unspecified atom stereocenters. The van der Waals surface area contributed by atoms with Crippen LogP contribution in [0.15, 0.2) is 0 Å². The van der Waals surface area contributed by atoms with Gasteiger partial charge >= 0.3 is 0 Å². The smallest absolute Gasteiger partial charge is 0.0702 e. The first-order valence-corrected chi connectivity index (χ1v) is 8.84. The lowest BCUT2D eigenvalue weighted by molar-refractivity contribution is -0.0493. The van der Waals surface area contributed by atoms with Gasteiger partial charge in [0.25, 0.3) is 0 Å². The van der Waals surface area contributed by atoms with Crippen molar-refractivity contribution in [3.63, 3.8) is 0 Å². The van der Waals surface area contributed by atoms with Crippen molar-refractivity contribution in [1.29, 1.82) is 0 Å². The molecule has 0 amide bonds. The van der Waals surface area contributed by atoms with Crippen molar-refractivity contribution in [2.75, 3.05) is 26.2 Å². The fourth-order valence-corrected chi connectivity index (χ4v) is 3.92. The SMILES string of the molecule is CCCC1CN(CC2CCCCO2)C(CC)(CC)CN1. The molecule has 2 atom stereocenters. The molecule has 2 rings (SSSR count). The lowest BCUT2D eigenvalue weighted by Gasteiger charge is -2.51. The van der Waals surface area contributed by atoms with Crippen LogP contribution in [0.4, 0.5) is 0 Å². The zero-order valence-corrected chi connectivity index (χ0v) is 13.8. The molecule has 3 nitrogen and oxygen atoms in total. The van der Waals surface area contributed by atoms with Gasteiger partial charge < -0.3 is 10.1 Å². The molecule has 2 saturated heterocycles. The van der Waals surface area contributed by atoms with Gasteiger partial charge in [-0.2, -0.15) is 0 Å². The van der Waals surface area contributed by atoms with Gasteiger partial charge in [0.2, 0.25) is 0 Å². The summed E-state index contributed by atoms with van der Waals surface area (Å²) >= 11 is 0. The van der Waals surface area contributed by atoms with Crippen LogP contribution in [-0.4, -0.2) is 48.8 Å². The molecule has 0 saturated carbocycles. The molecule has 1 N–H and O–H groups in total. The predicted octanol–water partition coefficient (Wildman–Crippen LogP) is 3.19. The lowest BCUT2D eigenvalue weighted by atomic mass is 9.86. The largest absolute Gasteiger partial charge is 0.377 e. The number of ether oxygens (including phenoxy) is 1. The van der Waals surface area contributed by atoms with Crippen molar-refractivity contribution in [2.45, 2.75) is 83.4 Å². The second kappa shape index (κ2) is 7.77. The number of hydrogen-bond acceptors (Lipinski definition) is 3. The van der Waals surface area contributed by atoms with Crippen LogP contribution in [0.5, 0.6) is 0 Å². The molecular weight excluding hydrogens is 248 g/mol. The Morgan fingerprint density at radius 2 is 2.00 bits per heavy atom. The fraction of sp³-hybridized carbons (Fsp3) is 1.00. The summed E-state index contributed by atoms with van der Waals surface area (Å²) in [6, 6.07) is 0.676. The molecule has 0 bridgehead atoms. The average molecular weight is 282 g/mol. The highest BCUT2D eigenvalue weighted by Gasteiger charge is 2.39. The normalized spacial score (nSPS) is 31.4. The minimum Gasteiger partial charge on any atom is -0.377 e. The first-order chi connectivity index (χ1) is 9.74. The summed E-state index contributed by atoms with van der Waals surface area (Å²) < 4.78 is 6.00. The van der Waals surface area contributed by atoms with E-state index in [4.69, 9.17) is 4.74 Å². The maximum absolute atomic E-state index is 6.00. The molecule has 0 aromatic heterocycles. The number of piperazine rings is 1. The summed E-state index contributed by atoms with van der Waals surface area (Å²) in [5.41, 5.74) is 0.352. The molecule has 2 fully saturated rings. The van der Waals surface area contributed by atoms with Gasteiger partial charge in [-0.3, -0.25) is 4.90 Å². The van der Waals surface area contributed by atoms with Gasteiger partial charge in [-0.1, -0.05) is 27.2 Å². The van der Waals surface area contributed by atoms with E-state index in [2.05, 4.69) is 31.0 Å². The van der Waals surface area contributed by atoms with Gasteiger partial charge in [0.1, 0.15) is 0 Å². The average Bonchev–Trinajstić information content (AvgIpc) is 2.50. The minimum absolute atomic E-state index is 0.352. The lowest BCUT2D eigenvalue weighted by Crippen LogP contribution is -2.65. The Hall–Kier alpha value is -0.120. The van der Waals surface area contributed by atoms with E-state index in [1.165, 1.54) is 51.5 Å². The van der Waals surface area contributed by atoms with Crippen LogP contribution in [0.3, 0.4) is 0 Å². The highest BCUT2D eigenvalue weighted by molar-refractivity contribution is 4.98. The second-order valence-corrected chi connectivity index (χ2v) is 6.69. The van der Waals surface area contributed by atoms with Crippen LogP contribution >= 0.6 is 0 Å². The summed E-state index contributed by atoms with van der Waals surface area (Å²) in [4.78, 5) is 2.76. The van der Waals surface area contributed by atoms with E-state index in [0.29, 0.717) is 17.7 Å². The minimum atomic E-state index is 0.352. The van der Waals surface area contributed by atoms with E-state index in [-0.39, 0.29) is 0 Å². The summed E-state index contributed by atoms with van der Waals surface area (Å²) in [6.45, 7) is 11.5. The summed E-state index contributed by atoms with van der Waals surface area (Å²) in [6.07, 6.45) is 9.38. The van der Waals surface area contributed by atoms with Crippen molar-refractivity contribution >= 4 is 0 Å². The summed E-state index contributed by atoms with van der Waals surface area (Å²) in [5, 5.41) is 3.80. The van der Waals surface area contributed by atoms with Crippen molar-refractivity contribution < 1.29 is 4.74 Å². The maximum atomic E-state index is 6.00. The number of nitrogens with zero attached hydrogens (tertiary/aromatic N) is 1. The van der Waals surface area contributed by atoms with Gasteiger partial charge in [0.05, 0.1) is 6.10 Å². The summed E-state index contributed by atoms with van der Waals surface area (Å²) in [7, 11) is 0. The maximum Gasteiger partial charge on any atom is 0.0702 e. The van der Waals surface area contributed by atoms with Crippen LogP contribution in [-0.2, 0) is 4.74 Å². The first-order valence-electron chi connectivity index (χ1n) is 8.84. The third kappa shape index (κ3) is 3.75. The van der Waals surface area contributed by atoms with E-state index in [1.807, 2.05) is 0 Å². The third-order valence-electron chi connectivity index (χ3n) is 5.48. The van der Waals surface area contributed by atoms with E-state index < -0.39 is 0 Å². The Balaban J connectivity index is 2.00. The van der Waals surface area contributed by atoms with Gasteiger partial charge in [0.15, 0.2) is 0 Å². The molecular formula is C17H34N2O. The molecule has 3 heteroatoms. The monoisotopic (exact) mass is 282 g/mol. The Kier molecular flexibility index (Phi) is 6.31. The van der Waals surface area contributed by atoms with Crippen LogP contribution in [0.1, 0.15) is 65.7 Å². The van der Waals surface area contributed by atoms with E-state index in [1.54, 1.807) is 0 Å². The molecule has 0 aromatic carbocycles. The molecule has 0 aliphatic carbocycles. The number of rotatable bonds is 6. The highest BCUT2D eigenvalue weighted by Crippen LogP contribution is 2.29. The molecule has 2 aliphatic heterocycles. The Morgan fingerprint density at radius 3 is 2.60 bits per heavy atom. The topological polar surface area (TPSA) is 24.5 Å². The number of hydrogen-bond donors (Lipinski definition) is 1. The van der Waals surface area contributed by atoms with E-state index >= 15 is 0 Å². The second-order valence-electron chi connectivity index (χ2n) is 6.69. The number of nitrogens with one attached hydrogen (secondary N) is 1. The van der Waals surface area contributed by atoms with Crippen molar-refractivity contribution in [2.24, 2.45) is 0 Å². The van der Waals surface area contributed by atoms with E-state index in [9.17, 15) is 0 Å². The standard InChI is InChI=1S/C17H34N2O/c1-4-9-15-12-19(13-16-10-7-8-11-20-16)17(5-2,6-3)14-18-15/h15-16,18H,4-14H2,1-3H3. The van der Waals surface area contributed by atoms with Gasteiger partial charge in [-0.25, -0.2) is 0 Å². The quantitative estimate of drug-likeness (QED) is 0.810. The Morgan fingerprint density at radius 1 is 1.20 bits per heavy atom. The van der Waals surface area contributed by atoms with Gasteiger partial charge in [-0.05, 0) is 38.5 Å². The predicted molar refractivity (Wildman–Crippen MR) is 85.2 cm³/mol. The zero-order chi connectivity index (χ0) is 14.4. The molecule has 2 heterocycles. The third-order valence-corrected chi connectivity index (χ3v) is 5.48. The molecule has 0 radical (unpaired) electrons. The van der Waals surface area contributed by atoms with Gasteiger partial charge in [-0.15, -0.1) is 0 Å². The van der Waals surface area contributed by atoms with E-state index in [0.717, 1.165) is 19.7 Å². The molecule has 0 aromatic rings. The van der Waals surface area contributed by atoms with Crippen LogP contribution < -0.4 is 5.32 Å². The molecule has 0 spiro atoms. The Bertz CT molecular complexity index is 272. The zero-order valence-electron chi connectivity index (χ0n) is 13.8. The van der Waals surface area contributed by atoms with Crippen molar-refractivity contribution in [1.82, 2.24) is 10.2 Å². The van der Waals surface area contributed by atoms with Crippen LogP contribution in [0.2, 0.25) is 0 Å². The molecule has 20 heavy (non-hydrogen) atoms. The summed E-state index contributed by atoms with van der Waals surface area (Å²) in [5.74, 6) is 0. The fourth-order valence-electron chi connectivity index (χ4n) is 3.92. The first kappa shape index (κ1) is 16.3. The van der Waals surface area contributed by atoms with Crippen molar-refractivity contribution in [3.05, 3.63) is 0 Å². The molecule has 118 valence electrons. The molecule has 2 aliphatic rings.